The molecule has 26 heavy (non-hydrogen) atoms. The predicted molar refractivity (Wildman–Crippen MR) is 95.2 cm³/mol. The van der Waals surface area contributed by atoms with Crippen LogP contribution in [0.5, 0.6) is 5.75 Å². The Morgan fingerprint density at radius 3 is 3.00 bits per heavy atom. The monoisotopic (exact) mass is 356 g/mol. The van der Waals surface area contributed by atoms with Gasteiger partial charge < -0.3 is 19.3 Å². The Labute approximate surface area is 152 Å². The average Bonchev–Trinajstić information content (AvgIpc) is 3.37. The third kappa shape index (κ3) is 3.60. The van der Waals surface area contributed by atoms with Crippen molar-refractivity contribution in [3.8, 4) is 5.75 Å². The molecule has 0 unspecified atom stereocenters. The first-order valence-electron chi connectivity index (χ1n) is 9.21. The fraction of sp³-hybridized carbons (Fsp3) is 0.500. The summed E-state index contributed by atoms with van der Waals surface area (Å²) in [6, 6.07) is 9.46. The van der Waals surface area contributed by atoms with Gasteiger partial charge in [0, 0.05) is 18.5 Å². The Morgan fingerprint density at radius 2 is 2.23 bits per heavy atom. The number of rotatable bonds is 5. The first kappa shape index (κ1) is 17.1. The molecule has 2 aromatic rings. The number of ether oxygens (including phenoxy) is 1. The minimum absolute atomic E-state index is 0.160. The highest BCUT2D eigenvalue weighted by Gasteiger charge is 2.37. The molecule has 0 radical (unpaired) electrons. The molecule has 4 rings (SSSR count). The number of likely N-dealkylation sites (tertiary alicyclic amines) is 1. The van der Waals surface area contributed by atoms with E-state index in [9.17, 15) is 9.90 Å². The molecule has 2 fully saturated rings. The third-order valence-corrected chi connectivity index (χ3v) is 5.16. The van der Waals surface area contributed by atoms with Crippen LogP contribution in [-0.2, 0) is 0 Å². The van der Waals surface area contributed by atoms with Crippen LogP contribution in [0.25, 0.3) is 0 Å². The number of aryl methyl sites for hydroxylation is 1. The van der Waals surface area contributed by atoms with Gasteiger partial charge in [0.25, 0.3) is 5.91 Å². The van der Waals surface area contributed by atoms with Crippen molar-refractivity contribution in [2.75, 3.05) is 19.7 Å². The van der Waals surface area contributed by atoms with E-state index in [1.54, 1.807) is 11.0 Å². The van der Waals surface area contributed by atoms with Crippen molar-refractivity contribution >= 4 is 5.91 Å². The van der Waals surface area contributed by atoms with Gasteiger partial charge in [-0.05, 0) is 44.2 Å². The number of benzene rings is 1. The number of amides is 1. The Morgan fingerprint density at radius 1 is 1.42 bits per heavy atom. The number of aliphatic hydroxyl groups is 1. The van der Waals surface area contributed by atoms with Gasteiger partial charge in [-0.1, -0.05) is 23.4 Å². The van der Waals surface area contributed by atoms with E-state index in [1.165, 1.54) is 0 Å². The number of para-hydroxylation sites is 1. The van der Waals surface area contributed by atoms with Gasteiger partial charge in [-0.15, -0.1) is 0 Å². The minimum atomic E-state index is -1.06. The van der Waals surface area contributed by atoms with Crippen LogP contribution in [-0.4, -0.2) is 46.4 Å². The standard InChI is InChI=1S/C20H24N2O4/c1-14-5-2-3-6-17(14)25-13-20(24)9-4-10-22(12-20)19(23)16-11-18(26-21-16)15-7-8-15/h2-3,5-6,11,15,24H,4,7-10,12-13H2,1H3/t20-/m0/s1. The van der Waals surface area contributed by atoms with Crippen molar-refractivity contribution in [1.82, 2.24) is 10.1 Å². The summed E-state index contributed by atoms with van der Waals surface area (Å²) in [7, 11) is 0. The molecule has 1 aromatic heterocycles. The second-order valence-corrected chi connectivity index (χ2v) is 7.50. The molecular formula is C20H24N2O4. The molecule has 0 bridgehead atoms. The lowest BCUT2D eigenvalue weighted by molar-refractivity contribution is -0.0534. The molecule has 6 nitrogen and oxygen atoms in total. The summed E-state index contributed by atoms with van der Waals surface area (Å²) in [6.07, 6.45) is 3.53. The van der Waals surface area contributed by atoms with E-state index in [2.05, 4.69) is 5.16 Å². The maximum Gasteiger partial charge on any atom is 0.276 e. The lowest BCUT2D eigenvalue weighted by Crippen LogP contribution is -2.53. The summed E-state index contributed by atoms with van der Waals surface area (Å²) < 4.78 is 11.1. The molecule has 2 aliphatic rings. The van der Waals surface area contributed by atoms with Crippen molar-refractivity contribution in [3.05, 3.63) is 47.3 Å². The first-order chi connectivity index (χ1) is 12.5. The number of carbonyl (C=O) groups is 1. The van der Waals surface area contributed by atoms with Crippen LogP contribution in [0.15, 0.2) is 34.9 Å². The molecule has 1 aliphatic heterocycles. The second kappa shape index (κ2) is 6.76. The summed E-state index contributed by atoms with van der Waals surface area (Å²) in [6.45, 7) is 2.98. The van der Waals surface area contributed by atoms with Crippen molar-refractivity contribution < 1.29 is 19.2 Å². The summed E-state index contributed by atoms with van der Waals surface area (Å²) in [5, 5.41) is 14.9. The van der Waals surface area contributed by atoms with Crippen molar-refractivity contribution in [3.63, 3.8) is 0 Å². The summed E-state index contributed by atoms with van der Waals surface area (Å²) in [4.78, 5) is 14.4. The van der Waals surface area contributed by atoms with E-state index in [0.717, 1.165) is 36.3 Å². The van der Waals surface area contributed by atoms with Crippen LogP contribution in [0, 0.1) is 6.92 Å². The van der Waals surface area contributed by atoms with Gasteiger partial charge >= 0.3 is 0 Å². The molecular weight excluding hydrogens is 332 g/mol. The summed E-state index contributed by atoms with van der Waals surface area (Å²) in [5.41, 5.74) is 0.296. The lowest BCUT2D eigenvalue weighted by Gasteiger charge is -2.38. The number of nitrogens with zero attached hydrogens (tertiary/aromatic N) is 2. The maximum atomic E-state index is 12.7. The van der Waals surface area contributed by atoms with E-state index in [0.29, 0.717) is 24.6 Å². The fourth-order valence-corrected chi connectivity index (χ4v) is 3.45. The van der Waals surface area contributed by atoms with E-state index in [4.69, 9.17) is 9.26 Å². The van der Waals surface area contributed by atoms with Crippen molar-refractivity contribution in [1.29, 1.82) is 0 Å². The van der Waals surface area contributed by atoms with E-state index < -0.39 is 5.60 Å². The fourth-order valence-electron chi connectivity index (χ4n) is 3.45. The Balaban J connectivity index is 1.40. The highest BCUT2D eigenvalue weighted by molar-refractivity contribution is 5.92. The number of β-amino-alcohol motifs (C(OH)–C–C–N with tert-alkyl or cyclic N) is 1. The predicted octanol–water partition coefficient (Wildman–Crippen LogP) is 2.91. The zero-order valence-electron chi connectivity index (χ0n) is 15.0. The van der Waals surface area contributed by atoms with Crippen LogP contribution in [0.1, 0.15) is 53.4 Å². The summed E-state index contributed by atoms with van der Waals surface area (Å²) in [5.74, 6) is 1.79. The highest BCUT2D eigenvalue weighted by Crippen LogP contribution is 2.40. The van der Waals surface area contributed by atoms with Gasteiger partial charge in [0.1, 0.15) is 23.7 Å². The van der Waals surface area contributed by atoms with Crippen LogP contribution < -0.4 is 4.74 Å². The number of piperidine rings is 1. The number of hydrogen-bond donors (Lipinski definition) is 1. The number of aromatic nitrogens is 1. The van der Waals surface area contributed by atoms with Crippen LogP contribution in [0.4, 0.5) is 0 Å². The molecule has 1 N–H and O–H groups in total. The van der Waals surface area contributed by atoms with Gasteiger partial charge in [0.05, 0.1) is 6.54 Å². The van der Waals surface area contributed by atoms with Crippen LogP contribution in [0.2, 0.25) is 0 Å². The largest absolute Gasteiger partial charge is 0.490 e. The molecule has 1 aliphatic carbocycles. The topological polar surface area (TPSA) is 75.8 Å². The number of carbonyl (C=O) groups excluding carboxylic acids is 1. The third-order valence-electron chi connectivity index (χ3n) is 5.16. The van der Waals surface area contributed by atoms with Crippen molar-refractivity contribution in [2.45, 2.75) is 44.1 Å². The van der Waals surface area contributed by atoms with Crippen molar-refractivity contribution in [2.24, 2.45) is 0 Å². The lowest BCUT2D eigenvalue weighted by atomic mass is 9.93. The second-order valence-electron chi connectivity index (χ2n) is 7.50. The zero-order chi connectivity index (χ0) is 18.1. The molecule has 2 heterocycles. The molecule has 0 spiro atoms. The summed E-state index contributed by atoms with van der Waals surface area (Å²) >= 11 is 0. The quantitative estimate of drug-likeness (QED) is 0.891. The molecule has 1 saturated carbocycles. The highest BCUT2D eigenvalue weighted by atomic mass is 16.5. The van der Waals surface area contributed by atoms with Gasteiger partial charge in [-0.2, -0.15) is 0 Å². The Bertz CT molecular complexity index is 799. The molecule has 1 saturated heterocycles. The smallest absolute Gasteiger partial charge is 0.276 e. The maximum absolute atomic E-state index is 12.7. The molecule has 138 valence electrons. The van der Waals surface area contributed by atoms with Crippen LogP contribution >= 0.6 is 0 Å². The molecule has 1 atom stereocenters. The normalized spacial score (nSPS) is 23.1. The van der Waals surface area contributed by atoms with Gasteiger partial charge in [-0.3, -0.25) is 4.79 Å². The van der Waals surface area contributed by atoms with E-state index >= 15 is 0 Å². The van der Waals surface area contributed by atoms with Gasteiger partial charge in [0.2, 0.25) is 0 Å². The first-order valence-corrected chi connectivity index (χ1v) is 9.21. The molecule has 1 amide bonds. The molecule has 6 heteroatoms. The van der Waals surface area contributed by atoms with Crippen LogP contribution in [0.3, 0.4) is 0 Å². The Hall–Kier alpha value is -2.34. The SMILES string of the molecule is Cc1ccccc1OC[C@]1(O)CCCN(C(=O)c2cc(C3CC3)on2)C1. The zero-order valence-corrected chi connectivity index (χ0v) is 15.0. The van der Waals surface area contributed by atoms with Gasteiger partial charge in [-0.25, -0.2) is 0 Å². The van der Waals surface area contributed by atoms with E-state index in [1.807, 2.05) is 31.2 Å². The number of hydrogen-bond acceptors (Lipinski definition) is 5. The Kier molecular flexibility index (Phi) is 4.44. The van der Waals surface area contributed by atoms with E-state index in [-0.39, 0.29) is 19.1 Å². The van der Waals surface area contributed by atoms with Gasteiger partial charge in [0.15, 0.2) is 5.69 Å². The minimum Gasteiger partial charge on any atom is -0.490 e. The molecule has 1 aromatic carbocycles. The average molecular weight is 356 g/mol.